The van der Waals surface area contributed by atoms with Crippen LogP contribution in [-0.2, 0) is 25.7 Å². The molecule has 2 N–H and O–H groups in total. The van der Waals surface area contributed by atoms with Gasteiger partial charge in [-0.3, -0.25) is 9.59 Å². The van der Waals surface area contributed by atoms with Gasteiger partial charge in [0, 0.05) is 6.42 Å². The fourth-order valence-electron chi connectivity index (χ4n) is 2.49. The molecule has 10 heteroatoms. The highest BCUT2D eigenvalue weighted by Gasteiger charge is 2.25. The molecule has 1 amide bonds. The smallest absolute Gasteiger partial charge is 0.408 e. The summed E-state index contributed by atoms with van der Waals surface area (Å²) in [5.41, 5.74) is 0.632. The topological polar surface area (TPSA) is 119 Å². The first kappa shape index (κ1) is 24.2. The van der Waals surface area contributed by atoms with Crippen molar-refractivity contribution in [3.05, 3.63) is 69.7 Å². The number of hydrogen-bond acceptors (Lipinski definition) is 6. The molecule has 0 saturated heterocycles. The summed E-state index contributed by atoms with van der Waals surface area (Å²) < 4.78 is 10.0. The zero-order chi connectivity index (χ0) is 22.8. The van der Waals surface area contributed by atoms with Crippen molar-refractivity contribution in [2.45, 2.75) is 25.5 Å². The Morgan fingerprint density at radius 1 is 0.935 bits per heavy atom. The number of ketones is 1. The molecule has 0 unspecified atom stereocenters. The van der Waals surface area contributed by atoms with Crippen LogP contribution in [0.25, 0.3) is 0 Å². The number of esters is 1. The molecule has 0 heterocycles. The Balaban J connectivity index is 1.96. The molecule has 0 aromatic heterocycles. The van der Waals surface area contributed by atoms with Crippen molar-refractivity contribution in [2.24, 2.45) is 0 Å². The van der Waals surface area contributed by atoms with Crippen LogP contribution in [-0.4, -0.2) is 41.6 Å². The van der Waals surface area contributed by atoms with Crippen molar-refractivity contribution in [1.29, 1.82) is 0 Å². The lowest BCUT2D eigenvalue weighted by Crippen LogP contribution is -2.43. The molecule has 0 aliphatic rings. The summed E-state index contributed by atoms with van der Waals surface area (Å²) in [6.07, 6.45) is -1.51. The van der Waals surface area contributed by atoms with Crippen molar-refractivity contribution in [1.82, 2.24) is 5.32 Å². The third-order valence-corrected chi connectivity index (χ3v) is 4.68. The lowest BCUT2D eigenvalue weighted by Gasteiger charge is -2.17. The largest absolute Gasteiger partial charge is 0.481 e. The van der Waals surface area contributed by atoms with E-state index in [0.717, 1.165) is 5.56 Å². The molecule has 0 aliphatic heterocycles. The number of carbonyl (C=O) groups excluding carboxylic acids is 3. The van der Waals surface area contributed by atoms with E-state index in [-0.39, 0.29) is 35.1 Å². The predicted molar refractivity (Wildman–Crippen MR) is 112 cm³/mol. The number of amides is 1. The molecule has 8 nitrogen and oxygen atoms in total. The number of halogens is 2. The van der Waals surface area contributed by atoms with Crippen LogP contribution in [0.1, 0.15) is 28.8 Å². The molecule has 2 aromatic rings. The number of nitrogens with one attached hydrogen (secondary N) is 1. The lowest BCUT2D eigenvalue weighted by molar-refractivity contribution is -0.137. The first-order valence-corrected chi connectivity index (χ1v) is 9.86. The van der Waals surface area contributed by atoms with Gasteiger partial charge >= 0.3 is 18.0 Å². The number of carboxylic acids is 1. The van der Waals surface area contributed by atoms with Gasteiger partial charge in [-0.05, 0) is 24.1 Å². The SMILES string of the molecule is O=C(O)CC[C@@H](NC(=O)OCc1ccccc1)C(=O)COC(=O)c1c(Cl)cccc1Cl. The molecule has 0 radical (unpaired) electrons. The maximum atomic E-state index is 12.5. The van der Waals surface area contributed by atoms with E-state index in [0.29, 0.717) is 0 Å². The number of Topliss-reactive ketones (excluding diaryl/α,β-unsaturated/α-hetero) is 1. The predicted octanol–water partition coefficient (Wildman–Crippen LogP) is 3.88. The van der Waals surface area contributed by atoms with Crippen molar-refractivity contribution >= 4 is 47.0 Å². The second kappa shape index (κ2) is 11.9. The minimum absolute atomic E-state index is 0.0352. The average Bonchev–Trinajstić information content (AvgIpc) is 2.74. The van der Waals surface area contributed by atoms with Crippen molar-refractivity contribution < 1.29 is 33.8 Å². The van der Waals surface area contributed by atoms with E-state index < -0.39 is 36.5 Å². The monoisotopic (exact) mass is 467 g/mol. The molecular formula is C21H19Cl2NO7. The van der Waals surface area contributed by atoms with E-state index in [1.807, 2.05) is 0 Å². The molecule has 0 spiro atoms. The second-order valence-corrected chi connectivity index (χ2v) is 7.14. The minimum atomic E-state index is -1.23. The van der Waals surface area contributed by atoms with E-state index in [4.69, 9.17) is 37.8 Å². The summed E-state index contributed by atoms with van der Waals surface area (Å²) in [4.78, 5) is 47.6. The van der Waals surface area contributed by atoms with Gasteiger partial charge in [0.25, 0.3) is 0 Å². The molecule has 31 heavy (non-hydrogen) atoms. The van der Waals surface area contributed by atoms with Gasteiger partial charge in [-0.25, -0.2) is 9.59 Å². The zero-order valence-corrected chi connectivity index (χ0v) is 17.7. The molecule has 2 rings (SSSR count). The van der Waals surface area contributed by atoms with Crippen LogP contribution in [0.15, 0.2) is 48.5 Å². The number of alkyl carbamates (subject to hydrolysis) is 1. The highest BCUT2D eigenvalue weighted by atomic mass is 35.5. The highest BCUT2D eigenvalue weighted by Crippen LogP contribution is 2.25. The van der Waals surface area contributed by atoms with E-state index >= 15 is 0 Å². The first-order valence-electron chi connectivity index (χ1n) is 9.10. The van der Waals surface area contributed by atoms with Crippen molar-refractivity contribution in [3.8, 4) is 0 Å². The third kappa shape index (κ3) is 7.92. The molecule has 164 valence electrons. The van der Waals surface area contributed by atoms with E-state index in [9.17, 15) is 19.2 Å². The van der Waals surface area contributed by atoms with Crippen LogP contribution in [0.3, 0.4) is 0 Å². The molecule has 0 bridgehead atoms. The van der Waals surface area contributed by atoms with Gasteiger partial charge in [-0.2, -0.15) is 0 Å². The normalized spacial score (nSPS) is 11.3. The van der Waals surface area contributed by atoms with Gasteiger partial charge in [-0.1, -0.05) is 59.6 Å². The number of rotatable bonds is 10. The zero-order valence-electron chi connectivity index (χ0n) is 16.2. The van der Waals surface area contributed by atoms with Crippen LogP contribution in [0.2, 0.25) is 10.0 Å². The van der Waals surface area contributed by atoms with Crippen LogP contribution < -0.4 is 5.32 Å². The number of benzene rings is 2. The molecule has 0 fully saturated rings. The van der Waals surface area contributed by atoms with Crippen LogP contribution in [0, 0.1) is 0 Å². The van der Waals surface area contributed by atoms with Gasteiger partial charge in [0.2, 0.25) is 0 Å². The van der Waals surface area contributed by atoms with E-state index in [1.54, 1.807) is 36.4 Å². The van der Waals surface area contributed by atoms with Gasteiger partial charge in [0.1, 0.15) is 6.61 Å². The van der Waals surface area contributed by atoms with Gasteiger partial charge in [-0.15, -0.1) is 0 Å². The van der Waals surface area contributed by atoms with E-state index in [2.05, 4.69) is 5.32 Å². The molecule has 0 aliphatic carbocycles. The molecule has 2 aromatic carbocycles. The quantitative estimate of drug-likeness (QED) is 0.508. The fraction of sp³-hybridized carbons (Fsp3) is 0.238. The summed E-state index contributed by atoms with van der Waals surface area (Å²) in [5, 5.41) is 11.3. The molecule has 0 saturated carbocycles. The van der Waals surface area contributed by atoms with Crippen LogP contribution >= 0.6 is 23.2 Å². The summed E-state index contributed by atoms with van der Waals surface area (Å²) in [7, 11) is 0. The van der Waals surface area contributed by atoms with Crippen molar-refractivity contribution in [2.75, 3.05) is 6.61 Å². The number of hydrogen-bond donors (Lipinski definition) is 2. The average molecular weight is 468 g/mol. The van der Waals surface area contributed by atoms with E-state index in [1.165, 1.54) is 12.1 Å². The maximum Gasteiger partial charge on any atom is 0.408 e. The van der Waals surface area contributed by atoms with Crippen LogP contribution in [0.4, 0.5) is 4.79 Å². The Labute approximate surface area is 188 Å². The first-order chi connectivity index (χ1) is 14.8. The number of aliphatic carboxylic acids is 1. The Morgan fingerprint density at radius 3 is 2.19 bits per heavy atom. The summed E-state index contributed by atoms with van der Waals surface area (Å²) in [6.45, 7) is -0.754. The van der Waals surface area contributed by atoms with Gasteiger partial charge in [0.15, 0.2) is 12.4 Å². The Hall–Kier alpha value is -3.10. The lowest BCUT2D eigenvalue weighted by atomic mass is 10.1. The number of ether oxygens (including phenoxy) is 2. The summed E-state index contributed by atoms with van der Waals surface area (Å²) in [6, 6.07) is 12.0. The highest BCUT2D eigenvalue weighted by molar-refractivity contribution is 6.39. The number of carboxylic acid groups (broad SMARTS) is 1. The molecule has 1 atom stereocenters. The minimum Gasteiger partial charge on any atom is -0.481 e. The number of carbonyl (C=O) groups is 4. The Bertz CT molecular complexity index is 930. The third-order valence-electron chi connectivity index (χ3n) is 4.05. The van der Waals surface area contributed by atoms with Gasteiger partial charge < -0.3 is 19.9 Å². The van der Waals surface area contributed by atoms with Crippen molar-refractivity contribution in [3.63, 3.8) is 0 Å². The maximum absolute atomic E-state index is 12.5. The molecular weight excluding hydrogens is 449 g/mol. The fourth-order valence-corrected chi connectivity index (χ4v) is 3.04. The Morgan fingerprint density at radius 2 is 1.58 bits per heavy atom. The van der Waals surface area contributed by atoms with Gasteiger partial charge in [0.05, 0.1) is 21.7 Å². The summed E-state index contributed by atoms with van der Waals surface area (Å²) in [5.74, 6) is -2.79. The standard InChI is InChI=1S/C21H19Cl2NO7/c22-14-7-4-8-15(23)19(14)20(28)30-12-17(25)16(9-10-18(26)27)24-21(29)31-11-13-5-2-1-3-6-13/h1-8,16H,9-12H2,(H,24,29)(H,26,27)/t16-/m1/s1. The van der Waals surface area contributed by atoms with Crippen LogP contribution in [0.5, 0.6) is 0 Å². The Kier molecular flexibility index (Phi) is 9.30. The summed E-state index contributed by atoms with van der Waals surface area (Å²) >= 11 is 11.9. The second-order valence-electron chi connectivity index (χ2n) is 6.33.